The molecule has 144 valence electrons. The molecule has 0 radical (unpaired) electrons. The molecule has 28 heavy (non-hydrogen) atoms. The lowest BCUT2D eigenvalue weighted by Gasteiger charge is -2.18. The Morgan fingerprint density at radius 3 is 2.07 bits per heavy atom. The summed E-state index contributed by atoms with van der Waals surface area (Å²) in [5, 5.41) is 9.05. The van der Waals surface area contributed by atoms with E-state index in [0.717, 1.165) is 11.1 Å². The number of carbonyl (C=O) groups excluding carboxylic acids is 1. The smallest absolute Gasteiger partial charge is 0.261 e. The standard InChI is InChI=1S/C21H20N2O4S/c24-21(22-25)19(15-16-9-3-1-4-10-16)23-28(26,27)20-14-8-7-13-18(20)17-11-5-2-6-12-17/h1-14,19,23,25H,15H2,(H,22,24). The summed E-state index contributed by atoms with van der Waals surface area (Å²) < 4.78 is 28.6. The van der Waals surface area contributed by atoms with E-state index >= 15 is 0 Å². The monoisotopic (exact) mass is 396 g/mol. The van der Waals surface area contributed by atoms with Crippen molar-refractivity contribution in [1.29, 1.82) is 0 Å². The summed E-state index contributed by atoms with van der Waals surface area (Å²) in [4.78, 5) is 12.2. The maximum Gasteiger partial charge on any atom is 0.261 e. The van der Waals surface area contributed by atoms with Crippen LogP contribution in [0.15, 0.2) is 89.8 Å². The van der Waals surface area contributed by atoms with Gasteiger partial charge in [0.2, 0.25) is 10.0 Å². The zero-order valence-corrected chi connectivity index (χ0v) is 15.8. The van der Waals surface area contributed by atoms with E-state index < -0.39 is 22.0 Å². The van der Waals surface area contributed by atoms with Crippen LogP contribution in [-0.4, -0.2) is 25.6 Å². The number of carbonyl (C=O) groups is 1. The molecule has 0 fully saturated rings. The molecule has 0 saturated carbocycles. The van der Waals surface area contributed by atoms with Crippen molar-refractivity contribution in [3.05, 3.63) is 90.5 Å². The first-order valence-electron chi connectivity index (χ1n) is 8.66. The lowest BCUT2D eigenvalue weighted by molar-refractivity contribution is -0.130. The molecular formula is C21H20N2O4S. The van der Waals surface area contributed by atoms with Crippen LogP contribution in [0.2, 0.25) is 0 Å². The Balaban J connectivity index is 1.95. The van der Waals surface area contributed by atoms with Crippen LogP contribution in [-0.2, 0) is 21.2 Å². The highest BCUT2D eigenvalue weighted by molar-refractivity contribution is 7.89. The number of nitrogens with one attached hydrogen (secondary N) is 2. The zero-order chi connectivity index (χ0) is 20.0. The molecule has 0 aliphatic rings. The van der Waals surface area contributed by atoms with Crippen molar-refractivity contribution in [3.8, 4) is 11.1 Å². The van der Waals surface area contributed by atoms with Crippen molar-refractivity contribution >= 4 is 15.9 Å². The fourth-order valence-corrected chi connectivity index (χ4v) is 4.35. The minimum Gasteiger partial charge on any atom is -0.289 e. The molecule has 0 heterocycles. The van der Waals surface area contributed by atoms with Gasteiger partial charge in [-0.3, -0.25) is 10.0 Å². The molecule has 3 rings (SSSR count). The van der Waals surface area contributed by atoms with Crippen LogP contribution in [0.1, 0.15) is 5.56 Å². The van der Waals surface area contributed by atoms with E-state index in [1.54, 1.807) is 42.5 Å². The lowest BCUT2D eigenvalue weighted by atomic mass is 10.1. The highest BCUT2D eigenvalue weighted by atomic mass is 32.2. The van der Waals surface area contributed by atoms with Crippen LogP contribution in [0.3, 0.4) is 0 Å². The first-order chi connectivity index (χ1) is 13.5. The lowest BCUT2D eigenvalue weighted by Crippen LogP contribution is -2.47. The Morgan fingerprint density at radius 2 is 1.43 bits per heavy atom. The molecule has 3 aromatic rings. The maximum atomic E-state index is 13.1. The third-order valence-corrected chi connectivity index (χ3v) is 5.80. The van der Waals surface area contributed by atoms with Gasteiger partial charge in [-0.05, 0) is 23.6 Å². The van der Waals surface area contributed by atoms with Gasteiger partial charge in [0.25, 0.3) is 5.91 Å². The highest BCUT2D eigenvalue weighted by Gasteiger charge is 2.27. The van der Waals surface area contributed by atoms with Crippen LogP contribution < -0.4 is 10.2 Å². The molecule has 0 aromatic heterocycles. The Morgan fingerprint density at radius 1 is 0.857 bits per heavy atom. The normalized spacial score (nSPS) is 12.3. The maximum absolute atomic E-state index is 13.1. The summed E-state index contributed by atoms with van der Waals surface area (Å²) in [7, 11) is -4.04. The molecule has 1 atom stereocenters. The molecule has 1 unspecified atom stereocenters. The molecule has 1 amide bonds. The third-order valence-electron chi connectivity index (χ3n) is 4.27. The minimum atomic E-state index is -4.04. The third kappa shape index (κ3) is 4.64. The molecule has 0 aliphatic carbocycles. The zero-order valence-electron chi connectivity index (χ0n) is 14.9. The number of amides is 1. The molecule has 3 aromatic carbocycles. The number of hydrogen-bond acceptors (Lipinski definition) is 4. The highest BCUT2D eigenvalue weighted by Crippen LogP contribution is 2.27. The summed E-state index contributed by atoms with van der Waals surface area (Å²) in [6, 6.07) is 23.5. The van der Waals surface area contributed by atoms with E-state index in [1.807, 2.05) is 36.4 Å². The quantitative estimate of drug-likeness (QED) is 0.423. The van der Waals surface area contributed by atoms with Gasteiger partial charge in [-0.2, -0.15) is 4.72 Å². The summed E-state index contributed by atoms with van der Waals surface area (Å²) in [6.45, 7) is 0. The van der Waals surface area contributed by atoms with Gasteiger partial charge < -0.3 is 0 Å². The topological polar surface area (TPSA) is 95.5 Å². The predicted octanol–water partition coefficient (Wildman–Crippen LogP) is 2.75. The van der Waals surface area contributed by atoms with Crippen molar-refractivity contribution < 1.29 is 18.4 Å². The molecule has 0 bridgehead atoms. The summed E-state index contributed by atoms with van der Waals surface area (Å²) in [5.74, 6) is -0.829. The van der Waals surface area contributed by atoms with E-state index in [2.05, 4.69) is 4.72 Å². The van der Waals surface area contributed by atoms with Crippen molar-refractivity contribution in [2.75, 3.05) is 0 Å². The van der Waals surface area contributed by atoms with Crippen LogP contribution in [0.5, 0.6) is 0 Å². The van der Waals surface area contributed by atoms with E-state index in [0.29, 0.717) is 5.56 Å². The minimum absolute atomic E-state index is 0.0602. The summed E-state index contributed by atoms with van der Waals surface area (Å²) >= 11 is 0. The van der Waals surface area contributed by atoms with E-state index in [9.17, 15) is 13.2 Å². The number of rotatable bonds is 7. The van der Waals surface area contributed by atoms with E-state index in [4.69, 9.17) is 5.21 Å². The number of sulfonamides is 1. The molecule has 6 nitrogen and oxygen atoms in total. The first kappa shape index (κ1) is 19.8. The van der Waals surface area contributed by atoms with Gasteiger partial charge in [0.05, 0.1) is 4.90 Å². The van der Waals surface area contributed by atoms with Gasteiger partial charge in [-0.25, -0.2) is 13.9 Å². The SMILES string of the molecule is O=C(NO)C(Cc1ccccc1)NS(=O)(=O)c1ccccc1-c1ccccc1. The second-order valence-electron chi connectivity index (χ2n) is 6.20. The molecule has 0 aliphatic heterocycles. The molecule has 0 spiro atoms. The Kier molecular flexibility index (Phi) is 6.20. The Bertz CT molecular complexity index is 1040. The average Bonchev–Trinajstić information content (AvgIpc) is 2.74. The van der Waals surface area contributed by atoms with Crippen LogP contribution >= 0.6 is 0 Å². The van der Waals surface area contributed by atoms with Crippen molar-refractivity contribution in [2.45, 2.75) is 17.4 Å². The van der Waals surface area contributed by atoms with Gasteiger partial charge in [0, 0.05) is 5.56 Å². The largest absolute Gasteiger partial charge is 0.289 e. The molecule has 3 N–H and O–H groups in total. The van der Waals surface area contributed by atoms with Crippen molar-refractivity contribution in [1.82, 2.24) is 10.2 Å². The fraction of sp³-hybridized carbons (Fsp3) is 0.0952. The van der Waals surface area contributed by atoms with Crippen LogP contribution in [0.25, 0.3) is 11.1 Å². The summed E-state index contributed by atoms with van der Waals surface area (Å²) in [5.41, 5.74) is 3.57. The Labute approximate surface area is 163 Å². The number of hydroxylamine groups is 1. The van der Waals surface area contributed by atoms with E-state index in [1.165, 1.54) is 11.5 Å². The number of hydrogen-bond donors (Lipinski definition) is 3. The molecular weight excluding hydrogens is 376 g/mol. The van der Waals surface area contributed by atoms with Gasteiger partial charge in [-0.1, -0.05) is 78.9 Å². The summed E-state index contributed by atoms with van der Waals surface area (Å²) in [6.07, 6.45) is 0.0972. The Hall–Kier alpha value is -3.00. The second kappa shape index (κ2) is 8.79. The molecule has 7 heteroatoms. The average molecular weight is 396 g/mol. The van der Waals surface area contributed by atoms with Gasteiger partial charge in [-0.15, -0.1) is 0 Å². The fourth-order valence-electron chi connectivity index (χ4n) is 2.92. The first-order valence-corrected chi connectivity index (χ1v) is 10.1. The van der Waals surface area contributed by atoms with E-state index in [-0.39, 0.29) is 11.3 Å². The second-order valence-corrected chi connectivity index (χ2v) is 7.88. The van der Waals surface area contributed by atoms with Gasteiger partial charge in [0.15, 0.2) is 0 Å². The van der Waals surface area contributed by atoms with Gasteiger partial charge in [0.1, 0.15) is 6.04 Å². The van der Waals surface area contributed by atoms with Crippen LogP contribution in [0.4, 0.5) is 0 Å². The van der Waals surface area contributed by atoms with Crippen molar-refractivity contribution in [2.24, 2.45) is 0 Å². The van der Waals surface area contributed by atoms with Gasteiger partial charge >= 0.3 is 0 Å². The van der Waals surface area contributed by atoms with Crippen LogP contribution in [0, 0.1) is 0 Å². The predicted molar refractivity (Wildman–Crippen MR) is 106 cm³/mol. The van der Waals surface area contributed by atoms with Crippen molar-refractivity contribution in [3.63, 3.8) is 0 Å². The molecule has 0 saturated heterocycles. The number of benzene rings is 3.